The number of benzene rings is 1. The number of hydrogen-bond acceptors (Lipinski definition) is 6. The number of halogens is 3. The van der Waals surface area contributed by atoms with Crippen molar-refractivity contribution in [2.24, 2.45) is 11.8 Å². The maximum Gasteiger partial charge on any atom is 0.573 e. The van der Waals surface area contributed by atoms with Gasteiger partial charge in [0.2, 0.25) is 0 Å². The lowest BCUT2D eigenvalue weighted by molar-refractivity contribution is -0.274. The predicted molar refractivity (Wildman–Crippen MR) is 96.8 cm³/mol. The highest BCUT2D eigenvalue weighted by atomic mass is 19.4. The smallest absolute Gasteiger partial charge is 0.466 e. The summed E-state index contributed by atoms with van der Waals surface area (Å²) in [7, 11) is 1.28. The SMILES string of the molecule is COC(=O)C1=COC(OC(=O)NCc2ccc(OC(F)(F)F)cc2)C2C(C)=CCC12. The quantitative estimate of drug-likeness (QED) is 0.569. The first-order chi connectivity index (χ1) is 14.2. The van der Waals surface area contributed by atoms with E-state index in [1.54, 1.807) is 0 Å². The molecule has 0 fully saturated rings. The second kappa shape index (κ2) is 8.68. The average molecular weight is 427 g/mol. The molecule has 0 spiro atoms. The summed E-state index contributed by atoms with van der Waals surface area (Å²) in [5, 5.41) is 2.52. The Hall–Kier alpha value is -3.17. The van der Waals surface area contributed by atoms with Crippen molar-refractivity contribution >= 4 is 12.1 Å². The molecule has 0 aromatic heterocycles. The van der Waals surface area contributed by atoms with Gasteiger partial charge < -0.3 is 24.3 Å². The average Bonchev–Trinajstić information content (AvgIpc) is 3.08. The van der Waals surface area contributed by atoms with Gasteiger partial charge in [-0.25, -0.2) is 9.59 Å². The van der Waals surface area contributed by atoms with Crippen molar-refractivity contribution in [2.75, 3.05) is 7.11 Å². The highest BCUT2D eigenvalue weighted by Gasteiger charge is 2.44. The number of alkyl halides is 3. The van der Waals surface area contributed by atoms with Gasteiger partial charge in [-0.1, -0.05) is 23.8 Å². The van der Waals surface area contributed by atoms with Gasteiger partial charge in [0.1, 0.15) is 5.75 Å². The standard InChI is InChI=1S/C20H20F3NO6/c1-11-3-8-14-15(17(25)27-2)10-28-18(16(11)14)29-19(26)24-9-12-4-6-13(7-5-12)30-20(21,22)23/h3-7,10,14,16,18H,8-9H2,1-2H3,(H,24,26). The van der Waals surface area contributed by atoms with E-state index in [0.29, 0.717) is 17.6 Å². The molecule has 1 aromatic rings. The Kier molecular flexibility index (Phi) is 6.23. The molecule has 3 atom stereocenters. The summed E-state index contributed by atoms with van der Waals surface area (Å²) in [6, 6.07) is 5.08. The highest BCUT2D eigenvalue weighted by molar-refractivity contribution is 5.89. The monoisotopic (exact) mass is 427 g/mol. The van der Waals surface area contributed by atoms with Crippen LogP contribution in [0.3, 0.4) is 0 Å². The van der Waals surface area contributed by atoms with Crippen LogP contribution in [0.25, 0.3) is 0 Å². The molecule has 3 rings (SSSR count). The molecule has 1 heterocycles. The summed E-state index contributed by atoms with van der Waals surface area (Å²) >= 11 is 0. The lowest BCUT2D eigenvalue weighted by atomic mass is 9.84. The molecule has 0 radical (unpaired) electrons. The van der Waals surface area contributed by atoms with Gasteiger partial charge in [-0.05, 0) is 31.0 Å². The second-order valence-electron chi connectivity index (χ2n) is 6.84. The third-order valence-corrected chi connectivity index (χ3v) is 4.91. The third kappa shape index (κ3) is 5.05. The number of carbonyl (C=O) groups excluding carboxylic acids is 2. The van der Waals surface area contributed by atoms with Crippen molar-refractivity contribution in [3.8, 4) is 5.75 Å². The number of fused-ring (bicyclic) bond motifs is 1. The van der Waals surface area contributed by atoms with E-state index in [4.69, 9.17) is 14.2 Å². The number of alkyl carbamates (subject to hydrolysis) is 1. The van der Waals surface area contributed by atoms with Gasteiger partial charge in [0.15, 0.2) is 0 Å². The maximum absolute atomic E-state index is 12.2. The number of ether oxygens (including phenoxy) is 4. The minimum Gasteiger partial charge on any atom is -0.466 e. The third-order valence-electron chi connectivity index (χ3n) is 4.91. The number of amides is 1. The van der Waals surface area contributed by atoms with Gasteiger partial charge in [-0.2, -0.15) is 0 Å². The van der Waals surface area contributed by atoms with Crippen molar-refractivity contribution in [3.63, 3.8) is 0 Å². The number of rotatable bonds is 5. The molecule has 10 heteroatoms. The Balaban J connectivity index is 1.56. The Bertz CT molecular complexity index is 862. The molecular formula is C20H20F3NO6. The van der Waals surface area contributed by atoms with E-state index in [0.717, 1.165) is 17.7 Å². The van der Waals surface area contributed by atoms with Crippen LogP contribution in [0.15, 0.2) is 47.7 Å². The van der Waals surface area contributed by atoms with Gasteiger partial charge in [-0.15, -0.1) is 13.2 Å². The highest BCUT2D eigenvalue weighted by Crippen LogP contribution is 2.43. The Morgan fingerprint density at radius 1 is 1.23 bits per heavy atom. The zero-order valence-corrected chi connectivity index (χ0v) is 16.2. The zero-order valence-electron chi connectivity index (χ0n) is 16.2. The molecule has 3 unspecified atom stereocenters. The summed E-state index contributed by atoms with van der Waals surface area (Å²) in [4.78, 5) is 24.1. The van der Waals surface area contributed by atoms with Gasteiger partial charge in [0.05, 0.1) is 24.9 Å². The number of hydrogen-bond donors (Lipinski definition) is 1. The van der Waals surface area contributed by atoms with Crippen LogP contribution in [0.2, 0.25) is 0 Å². The van der Waals surface area contributed by atoms with Gasteiger partial charge >= 0.3 is 18.4 Å². The van der Waals surface area contributed by atoms with Gasteiger partial charge in [-0.3, -0.25) is 0 Å². The fourth-order valence-corrected chi connectivity index (χ4v) is 3.50. The number of methoxy groups -OCH3 is 1. The number of carbonyl (C=O) groups is 2. The number of esters is 1. The molecular weight excluding hydrogens is 407 g/mol. The van der Waals surface area contributed by atoms with Crippen molar-refractivity contribution in [1.29, 1.82) is 0 Å². The van der Waals surface area contributed by atoms with Crippen molar-refractivity contribution in [3.05, 3.63) is 53.3 Å². The summed E-state index contributed by atoms with van der Waals surface area (Å²) in [5.41, 5.74) is 1.87. The molecule has 2 aliphatic rings. The molecule has 7 nitrogen and oxygen atoms in total. The van der Waals surface area contributed by atoms with Crippen LogP contribution in [-0.4, -0.2) is 31.8 Å². The lowest BCUT2D eigenvalue weighted by Crippen LogP contribution is -2.40. The van der Waals surface area contributed by atoms with E-state index in [2.05, 4.69) is 10.1 Å². The van der Waals surface area contributed by atoms with Crippen molar-refractivity contribution in [1.82, 2.24) is 5.32 Å². The van der Waals surface area contributed by atoms with Crippen LogP contribution in [0, 0.1) is 11.8 Å². The first-order valence-corrected chi connectivity index (χ1v) is 9.07. The number of nitrogens with one attached hydrogen (secondary N) is 1. The molecule has 1 aromatic carbocycles. The summed E-state index contributed by atoms with van der Waals surface area (Å²) < 4.78 is 56.0. The fraction of sp³-hybridized carbons (Fsp3) is 0.400. The lowest BCUT2D eigenvalue weighted by Gasteiger charge is -2.33. The predicted octanol–water partition coefficient (Wildman–Crippen LogP) is 3.81. The van der Waals surface area contributed by atoms with E-state index in [-0.39, 0.29) is 24.1 Å². The van der Waals surface area contributed by atoms with Gasteiger partial charge in [0, 0.05) is 12.5 Å². The molecule has 0 saturated carbocycles. The van der Waals surface area contributed by atoms with Crippen LogP contribution in [0.5, 0.6) is 5.75 Å². The van der Waals surface area contributed by atoms with E-state index >= 15 is 0 Å². The minimum absolute atomic E-state index is 0.0318. The number of allylic oxidation sites excluding steroid dienone is 1. The second-order valence-corrected chi connectivity index (χ2v) is 6.84. The van der Waals surface area contributed by atoms with Crippen LogP contribution >= 0.6 is 0 Å². The van der Waals surface area contributed by atoms with Crippen LogP contribution in [0.1, 0.15) is 18.9 Å². The molecule has 0 bridgehead atoms. The van der Waals surface area contributed by atoms with Crippen LogP contribution in [0.4, 0.5) is 18.0 Å². The molecule has 1 aliphatic carbocycles. The molecule has 0 saturated heterocycles. The summed E-state index contributed by atoms with van der Waals surface area (Å²) in [6.07, 6.45) is -2.62. The Morgan fingerprint density at radius 3 is 2.57 bits per heavy atom. The molecule has 162 valence electrons. The van der Waals surface area contributed by atoms with E-state index in [1.807, 2.05) is 13.0 Å². The Labute approximate surface area is 170 Å². The normalized spacial score (nSPS) is 22.8. The summed E-state index contributed by atoms with van der Waals surface area (Å²) in [6.45, 7) is 1.90. The minimum atomic E-state index is -4.77. The van der Waals surface area contributed by atoms with Crippen LogP contribution < -0.4 is 10.1 Å². The molecule has 1 N–H and O–H groups in total. The van der Waals surface area contributed by atoms with E-state index in [1.165, 1.54) is 25.5 Å². The largest absolute Gasteiger partial charge is 0.573 e. The first-order valence-electron chi connectivity index (χ1n) is 9.07. The molecule has 1 amide bonds. The van der Waals surface area contributed by atoms with Crippen molar-refractivity contribution < 1.29 is 41.7 Å². The summed E-state index contributed by atoms with van der Waals surface area (Å²) in [5.74, 6) is -1.36. The topological polar surface area (TPSA) is 83.1 Å². The first kappa shape index (κ1) is 21.5. The van der Waals surface area contributed by atoms with Crippen LogP contribution in [-0.2, 0) is 25.5 Å². The molecule has 1 aliphatic heterocycles. The van der Waals surface area contributed by atoms with Gasteiger partial charge in [0.25, 0.3) is 6.29 Å². The maximum atomic E-state index is 12.2. The van der Waals surface area contributed by atoms with Crippen molar-refractivity contribution in [2.45, 2.75) is 32.5 Å². The van der Waals surface area contributed by atoms with E-state index in [9.17, 15) is 22.8 Å². The van der Waals surface area contributed by atoms with E-state index < -0.39 is 24.7 Å². The Morgan fingerprint density at radius 2 is 1.93 bits per heavy atom. The zero-order chi connectivity index (χ0) is 21.9. The molecule has 30 heavy (non-hydrogen) atoms. The fourth-order valence-electron chi connectivity index (χ4n) is 3.50.